The quantitative estimate of drug-likeness (QED) is 0.801. The molecule has 0 saturated carbocycles. The molecule has 0 bridgehead atoms. The highest BCUT2D eigenvalue weighted by Gasteiger charge is 2.28. The van der Waals surface area contributed by atoms with Gasteiger partial charge in [-0.1, -0.05) is 17.7 Å². The van der Waals surface area contributed by atoms with E-state index in [1.54, 1.807) is 13.8 Å². The standard InChI is InChI=1S/C13H17ClO3S/c1-8-5-9(2)13(10(3)6-8)18(16,17)11(4)7-12(14)15/h5-6,11H,7H2,1-4H3. The Hall–Kier alpha value is -0.870. The van der Waals surface area contributed by atoms with Crippen LogP contribution >= 0.6 is 11.6 Å². The first kappa shape index (κ1) is 15.2. The molecule has 1 atom stereocenters. The van der Waals surface area contributed by atoms with Crippen LogP contribution in [0.25, 0.3) is 0 Å². The van der Waals surface area contributed by atoms with Gasteiger partial charge < -0.3 is 0 Å². The number of carbonyl (C=O) groups is 1. The summed E-state index contributed by atoms with van der Waals surface area (Å²) >= 11 is 5.27. The summed E-state index contributed by atoms with van der Waals surface area (Å²) in [5.41, 5.74) is 2.44. The molecule has 0 spiro atoms. The number of halogens is 1. The molecular formula is C13H17ClO3S. The summed E-state index contributed by atoms with van der Waals surface area (Å²) < 4.78 is 24.8. The molecule has 0 aliphatic carbocycles. The average molecular weight is 289 g/mol. The van der Waals surface area contributed by atoms with E-state index in [4.69, 9.17) is 11.6 Å². The molecule has 0 aromatic heterocycles. The fourth-order valence-electron chi connectivity index (χ4n) is 2.15. The lowest BCUT2D eigenvalue weighted by atomic mass is 10.1. The van der Waals surface area contributed by atoms with E-state index < -0.39 is 20.3 Å². The number of rotatable bonds is 4. The van der Waals surface area contributed by atoms with E-state index >= 15 is 0 Å². The van der Waals surface area contributed by atoms with Gasteiger partial charge in [0, 0.05) is 6.42 Å². The third-order valence-corrected chi connectivity index (χ3v) is 5.46. The molecule has 0 N–H and O–H groups in total. The predicted octanol–water partition coefficient (Wildman–Crippen LogP) is 2.93. The number of sulfone groups is 1. The van der Waals surface area contributed by atoms with Crippen molar-refractivity contribution >= 4 is 26.7 Å². The van der Waals surface area contributed by atoms with Crippen molar-refractivity contribution in [1.29, 1.82) is 0 Å². The number of hydrogen-bond donors (Lipinski definition) is 0. The van der Waals surface area contributed by atoms with Gasteiger partial charge in [0.1, 0.15) is 0 Å². The third kappa shape index (κ3) is 3.12. The predicted molar refractivity (Wildman–Crippen MR) is 72.8 cm³/mol. The Kier molecular flexibility index (Phi) is 4.56. The zero-order valence-corrected chi connectivity index (χ0v) is 12.5. The van der Waals surface area contributed by atoms with Gasteiger partial charge in [0.15, 0.2) is 9.84 Å². The van der Waals surface area contributed by atoms with E-state index in [1.165, 1.54) is 6.92 Å². The molecule has 0 amide bonds. The van der Waals surface area contributed by atoms with Crippen molar-refractivity contribution in [3.05, 3.63) is 28.8 Å². The minimum absolute atomic E-state index is 0.170. The van der Waals surface area contributed by atoms with Crippen molar-refractivity contribution in [2.45, 2.75) is 44.3 Å². The summed E-state index contributed by atoms with van der Waals surface area (Å²) in [5, 5.41) is -1.43. The van der Waals surface area contributed by atoms with Crippen LogP contribution in [-0.4, -0.2) is 18.9 Å². The Morgan fingerprint density at radius 1 is 1.22 bits per heavy atom. The van der Waals surface area contributed by atoms with Crippen molar-refractivity contribution in [3.63, 3.8) is 0 Å². The molecule has 0 aliphatic rings. The number of carbonyl (C=O) groups excluding carboxylic acids is 1. The molecule has 1 aromatic carbocycles. The van der Waals surface area contributed by atoms with Gasteiger partial charge >= 0.3 is 0 Å². The summed E-state index contributed by atoms with van der Waals surface area (Å²) in [6.07, 6.45) is -0.170. The van der Waals surface area contributed by atoms with E-state index in [1.807, 2.05) is 19.1 Å². The van der Waals surface area contributed by atoms with E-state index in [-0.39, 0.29) is 6.42 Å². The number of benzene rings is 1. The lowest BCUT2D eigenvalue weighted by molar-refractivity contribution is -0.111. The molecule has 0 fully saturated rings. The fourth-order valence-corrected chi connectivity index (χ4v) is 4.26. The van der Waals surface area contributed by atoms with Crippen molar-refractivity contribution < 1.29 is 13.2 Å². The van der Waals surface area contributed by atoms with Gasteiger partial charge in [-0.15, -0.1) is 0 Å². The maximum absolute atomic E-state index is 12.4. The minimum Gasteiger partial charge on any atom is -0.281 e. The zero-order chi connectivity index (χ0) is 14.1. The summed E-state index contributed by atoms with van der Waals surface area (Å²) in [7, 11) is -3.52. The molecule has 18 heavy (non-hydrogen) atoms. The van der Waals surface area contributed by atoms with Crippen LogP contribution in [0.1, 0.15) is 30.0 Å². The second-order valence-corrected chi connectivity index (χ2v) is 7.37. The maximum atomic E-state index is 12.4. The Labute approximate surface area is 113 Å². The van der Waals surface area contributed by atoms with Crippen molar-refractivity contribution in [1.82, 2.24) is 0 Å². The van der Waals surface area contributed by atoms with Crippen molar-refractivity contribution in [3.8, 4) is 0 Å². The second kappa shape index (κ2) is 5.41. The lowest BCUT2D eigenvalue weighted by Gasteiger charge is -2.16. The van der Waals surface area contributed by atoms with Crippen LogP contribution in [-0.2, 0) is 14.6 Å². The SMILES string of the molecule is Cc1cc(C)c(S(=O)(=O)C(C)CC(=O)Cl)c(C)c1. The highest BCUT2D eigenvalue weighted by atomic mass is 35.5. The Morgan fingerprint density at radius 2 is 1.67 bits per heavy atom. The van der Waals surface area contributed by atoms with Crippen LogP contribution in [0.15, 0.2) is 17.0 Å². The molecule has 5 heteroatoms. The monoisotopic (exact) mass is 288 g/mol. The van der Waals surface area contributed by atoms with Crippen molar-refractivity contribution in [2.24, 2.45) is 0 Å². The minimum atomic E-state index is -3.52. The zero-order valence-electron chi connectivity index (χ0n) is 11.0. The first-order chi connectivity index (χ1) is 8.16. The highest BCUT2D eigenvalue weighted by Crippen LogP contribution is 2.26. The van der Waals surface area contributed by atoms with Crippen LogP contribution < -0.4 is 0 Å². The van der Waals surface area contributed by atoms with Crippen molar-refractivity contribution in [2.75, 3.05) is 0 Å². The third-order valence-electron chi connectivity index (χ3n) is 2.87. The Bertz CT molecular complexity index is 553. The van der Waals surface area contributed by atoms with Gasteiger partial charge in [-0.2, -0.15) is 0 Å². The summed E-state index contributed by atoms with van der Waals surface area (Å²) in [6.45, 7) is 6.96. The average Bonchev–Trinajstić information content (AvgIpc) is 2.13. The smallest absolute Gasteiger partial charge is 0.222 e. The normalized spacial score (nSPS) is 13.4. The van der Waals surface area contributed by atoms with Gasteiger partial charge in [0.25, 0.3) is 0 Å². The lowest BCUT2D eigenvalue weighted by Crippen LogP contribution is -2.22. The van der Waals surface area contributed by atoms with E-state index in [2.05, 4.69) is 0 Å². The molecule has 1 aromatic rings. The van der Waals surface area contributed by atoms with Gasteiger partial charge in [0.2, 0.25) is 5.24 Å². The molecule has 3 nitrogen and oxygen atoms in total. The van der Waals surface area contributed by atoms with Crippen LogP contribution in [0.4, 0.5) is 0 Å². The largest absolute Gasteiger partial charge is 0.281 e. The Morgan fingerprint density at radius 3 is 2.06 bits per heavy atom. The molecule has 100 valence electrons. The molecule has 1 rings (SSSR count). The van der Waals surface area contributed by atoms with Gasteiger partial charge in [-0.3, -0.25) is 4.79 Å². The first-order valence-electron chi connectivity index (χ1n) is 5.66. The number of hydrogen-bond acceptors (Lipinski definition) is 3. The van der Waals surface area contributed by atoms with Gasteiger partial charge in [-0.25, -0.2) is 8.42 Å². The maximum Gasteiger partial charge on any atom is 0.222 e. The van der Waals surface area contributed by atoms with Crippen LogP contribution in [0.3, 0.4) is 0 Å². The fraction of sp³-hybridized carbons (Fsp3) is 0.462. The summed E-state index contributed by atoms with van der Waals surface area (Å²) in [6, 6.07) is 3.66. The summed E-state index contributed by atoms with van der Waals surface area (Å²) in [4.78, 5) is 11.2. The van der Waals surface area contributed by atoms with E-state index in [9.17, 15) is 13.2 Å². The van der Waals surface area contributed by atoms with Gasteiger partial charge in [0.05, 0.1) is 10.1 Å². The second-order valence-electron chi connectivity index (χ2n) is 4.64. The van der Waals surface area contributed by atoms with Crippen LogP contribution in [0.2, 0.25) is 0 Å². The molecule has 0 aliphatic heterocycles. The molecule has 0 heterocycles. The van der Waals surface area contributed by atoms with E-state index in [0.717, 1.165) is 5.56 Å². The topological polar surface area (TPSA) is 51.2 Å². The molecule has 0 saturated heterocycles. The summed E-state index contributed by atoms with van der Waals surface area (Å²) in [5.74, 6) is 0. The molecule has 0 radical (unpaired) electrons. The van der Waals surface area contributed by atoms with Crippen LogP contribution in [0, 0.1) is 20.8 Å². The molecular weight excluding hydrogens is 272 g/mol. The van der Waals surface area contributed by atoms with E-state index in [0.29, 0.717) is 16.0 Å². The first-order valence-corrected chi connectivity index (χ1v) is 7.58. The van der Waals surface area contributed by atoms with Crippen LogP contribution in [0.5, 0.6) is 0 Å². The van der Waals surface area contributed by atoms with Gasteiger partial charge in [-0.05, 0) is 50.4 Å². The highest BCUT2D eigenvalue weighted by molar-refractivity contribution is 7.92. The Balaban J connectivity index is 3.33. The molecule has 1 unspecified atom stereocenters. The number of aryl methyl sites for hydroxylation is 3.